The maximum absolute atomic E-state index is 12.6. The van der Waals surface area contributed by atoms with Gasteiger partial charge in [-0.15, -0.1) is 0 Å². The summed E-state index contributed by atoms with van der Waals surface area (Å²) >= 11 is 0. The topological polar surface area (TPSA) is 165 Å². The van der Waals surface area contributed by atoms with Crippen molar-refractivity contribution in [3.8, 4) is 0 Å². The average Bonchev–Trinajstić information content (AvgIpc) is 3.09. The highest BCUT2D eigenvalue weighted by Crippen LogP contribution is 2.34. The van der Waals surface area contributed by atoms with Crippen LogP contribution in [0.1, 0.15) is 35.1 Å². The molecule has 0 bridgehead atoms. The molecule has 0 aliphatic heterocycles. The minimum atomic E-state index is -1.22. The van der Waals surface area contributed by atoms with Crippen LogP contribution in [0.3, 0.4) is 0 Å². The van der Waals surface area contributed by atoms with Crippen LogP contribution in [-0.2, 0) is 16.0 Å². The van der Waals surface area contributed by atoms with Gasteiger partial charge in [-0.25, -0.2) is 14.4 Å². The molecule has 1 aromatic carbocycles. The van der Waals surface area contributed by atoms with Gasteiger partial charge in [0.05, 0.1) is 23.6 Å². The first-order valence-corrected chi connectivity index (χ1v) is 10.1. The number of carbonyl (C=O) groups excluding carboxylic acids is 2. The molecular formula is C22H25N3O7. The molecule has 0 aliphatic rings. The van der Waals surface area contributed by atoms with Gasteiger partial charge in [-0.1, -0.05) is 0 Å². The number of carbonyl (C=O) groups is 3. The fourth-order valence-electron chi connectivity index (χ4n) is 3.86. The Balaban J connectivity index is 1.86. The number of carboxylic acids is 1. The second kappa shape index (κ2) is 9.13. The Labute approximate surface area is 182 Å². The van der Waals surface area contributed by atoms with Crippen LogP contribution in [0.15, 0.2) is 26.0 Å². The quantitative estimate of drug-likeness (QED) is 0.305. The zero-order valence-corrected chi connectivity index (χ0v) is 18.0. The fraction of sp³-hybridized carbons (Fsp3) is 0.364. The summed E-state index contributed by atoms with van der Waals surface area (Å²) in [6.07, 6.45) is 1.66. The number of hydrogen-bond donors (Lipinski definition) is 4. The zero-order valence-electron chi connectivity index (χ0n) is 18.0. The van der Waals surface area contributed by atoms with Gasteiger partial charge in [0.1, 0.15) is 17.2 Å². The maximum atomic E-state index is 12.6. The lowest BCUT2D eigenvalue weighted by molar-refractivity contribution is -0.141. The number of nitrogens with two attached hydrogens (primary N) is 1. The number of nitrogens with one attached hydrogen (secondary N) is 2. The van der Waals surface area contributed by atoms with Gasteiger partial charge in [0.15, 0.2) is 0 Å². The van der Waals surface area contributed by atoms with Gasteiger partial charge in [0, 0.05) is 11.9 Å². The summed E-state index contributed by atoms with van der Waals surface area (Å²) in [4.78, 5) is 47.3. The summed E-state index contributed by atoms with van der Waals surface area (Å²) < 4.78 is 11.2. The molecule has 0 saturated heterocycles. The van der Waals surface area contributed by atoms with Gasteiger partial charge in [0.25, 0.3) is 0 Å². The largest absolute Gasteiger partial charge is 0.480 e. The highest BCUT2D eigenvalue weighted by atomic mass is 16.4. The van der Waals surface area contributed by atoms with Gasteiger partial charge in [0.2, 0.25) is 5.91 Å². The van der Waals surface area contributed by atoms with E-state index in [-0.39, 0.29) is 24.9 Å². The van der Waals surface area contributed by atoms with E-state index >= 15 is 0 Å². The van der Waals surface area contributed by atoms with Crippen LogP contribution in [0.5, 0.6) is 0 Å². The highest BCUT2D eigenvalue weighted by Gasteiger charge is 2.23. The lowest BCUT2D eigenvalue weighted by Gasteiger charge is -2.15. The van der Waals surface area contributed by atoms with E-state index in [1.165, 1.54) is 0 Å². The number of aryl methyl sites for hydroxylation is 3. The Hall–Kier alpha value is -3.82. The van der Waals surface area contributed by atoms with Gasteiger partial charge in [-0.3, -0.25) is 4.79 Å². The van der Waals surface area contributed by atoms with Crippen LogP contribution in [0.25, 0.3) is 21.9 Å². The molecule has 2 aromatic heterocycles. The number of furan rings is 1. The van der Waals surface area contributed by atoms with Crippen molar-refractivity contribution in [2.45, 2.75) is 46.1 Å². The molecule has 0 unspecified atom stereocenters. The highest BCUT2D eigenvalue weighted by molar-refractivity contribution is 6.07. The number of urea groups is 1. The SMILES string of the molecule is Cc1coc2c1c(C)cc1oc(=O)c(CC(=O)N[C@@H](CCCNC(N)=O)C(=O)O)c(C)c12. The minimum Gasteiger partial charge on any atom is -0.480 e. The fourth-order valence-corrected chi connectivity index (χ4v) is 3.86. The number of hydrogen-bond acceptors (Lipinski definition) is 6. The Morgan fingerprint density at radius 3 is 2.53 bits per heavy atom. The van der Waals surface area contributed by atoms with E-state index in [1.54, 1.807) is 19.3 Å². The normalized spacial score (nSPS) is 12.1. The Kier molecular flexibility index (Phi) is 6.52. The average molecular weight is 443 g/mol. The predicted molar refractivity (Wildman–Crippen MR) is 117 cm³/mol. The van der Waals surface area contributed by atoms with Crippen LogP contribution < -0.4 is 22.0 Å². The molecule has 10 heteroatoms. The summed E-state index contributed by atoms with van der Waals surface area (Å²) in [6, 6.07) is -0.124. The molecule has 3 amide bonds. The van der Waals surface area contributed by atoms with E-state index in [9.17, 15) is 24.3 Å². The molecule has 170 valence electrons. The molecule has 0 saturated carbocycles. The van der Waals surface area contributed by atoms with E-state index in [4.69, 9.17) is 14.6 Å². The summed E-state index contributed by atoms with van der Waals surface area (Å²) in [5.74, 6) is -1.85. The summed E-state index contributed by atoms with van der Waals surface area (Å²) in [6.45, 7) is 5.70. The number of benzene rings is 1. The Morgan fingerprint density at radius 2 is 1.88 bits per heavy atom. The first kappa shape index (κ1) is 22.9. The Morgan fingerprint density at radius 1 is 1.16 bits per heavy atom. The molecule has 1 atom stereocenters. The molecular weight excluding hydrogens is 418 g/mol. The molecule has 0 aliphatic carbocycles. The van der Waals surface area contributed by atoms with Crippen molar-refractivity contribution in [2.24, 2.45) is 5.73 Å². The van der Waals surface area contributed by atoms with E-state index in [0.29, 0.717) is 28.5 Å². The molecule has 2 heterocycles. The summed E-state index contributed by atoms with van der Waals surface area (Å²) in [7, 11) is 0. The molecule has 0 radical (unpaired) electrons. The standard InChI is InChI=1S/C22H25N3O7/c1-10-7-15-18(19-17(10)11(2)9-31-19)12(3)13(21(29)32-15)8-16(26)25-14(20(27)28)5-4-6-24-22(23)30/h7,9,14H,4-6,8H2,1-3H3,(H,25,26)(H,27,28)(H3,23,24,30)/t14-/m0/s1. The molecule has 3 rings (SSSR count). The third-order valence-electron chi connectivity index (χ3n) is 5.41. The third-order valence-corrected chi connectivity index (χ3v) is 5.41. The van der Waals surface area contributed by atoms with Crippen molar-refractivity contribution in [3.63, 3.8) is 0 Å². The van der Waals surface area contributed by atoms with Gasteiger partial charge in [-0.05, 0) is 56.4 Å². The summed E-state index contributed by atoms with van der Waals surface area (Å²) in [5, 5.41) is 15.7. The van der Waals surface area contributed by atoms with Gasteiger partial charge in [-0.2, -0.15) is 0 Å². The second-order valence-corrected chi connectivity index (χ2v) is 7.75. The van der Waals surface area contributed by atoms with E-state index in [0.717, 1.165) is 16.5 Å². The van der Waals surface area contributed by atoms with Crippen LogP contribution >= 0.6 is 0 Å². The van der Waals surface area contributed by atoms with Crippen molar-refractivity contribution in [1.82, 2.24) is 10.6 Å². The van der Waals surface area contributed by atoms with Crippen molar-refractivity contribution in [3.05, 3.63) is 45.0 Å². The van der Waals surface area contributed by atoms with Crippen molar-refractivity contribution < 1.29 is 28.3 Å². The van der Waals surface area contributed by atoms with Crippen LogP contribution in [0, 0.1) is 20.8 Å². The van der Waals surface area contributed by atoms with Crippen molar-refractivity contribution >= 4 is 39.8 Å². The molecule has 0 fully saturated rings. The number of rotatable bonds is 8. The van der Waals surface area contributed by atoms with Crippen molar-refractivity contribution in [2.75, 3.05) is 6.54 Å². The zero-order chi connectivity index (χ0) is 23.6. The number of primary amides is 1. The van der Waals surface area contributed by atoms with E-state index in [2.05, 4.69) is 10.6 Å². The minimum absolute atomic E-state index is 0.0816. The molecule has 32 heavy (non-hydrogen) atoms. The monoisotopic (exact) mass is 443 g/mol. The predicted octanol–water partition coefficient (Wildman–Crippen LogP) is 2.02. The van der Waals surface area contributed by atoms with E-state index < -0.39 is 29.6 Å². The number of fused-ring (bicyclic) bond motifs is 3. The lowest BCUT2D eigenvalue weighted by Crippen LogP contribution is -2.42. The summed E-state index contributed by atoms with van der Waals surface area (Å²) in [5.41, 5.74) is 7.77. The smallest absolute Gasteiger partial charge is 0.340 e. The van der Waals surface area contributed by atoms with Crippen LogP contribution in [-0.4, -0.2) is 35.6 Å². The first-order valence-electron chi connectivity index (χ1n) is 10.1. The number of carboxylic acid groups (broad SMARTS) is 1. The van der Waals surface area contributed by atoms with Gasteiger partial charge >= 0.3 is 17.6 Å². The van der Waals surface area contributed by atoms with Crippen LogP contribution in [0.4, 0.5) is 4.79 Å². The molecule has 3 aromatic rings. The second-order valence-electron chi connectivity index (χ2n) is 7.75. The number of amides is 3. The van der Waals surface area contributed by atoms with Gasteiger partial charge < -0.3 is 30.3 Å². The molecule has 0 spiro atoms. The molecule has 5 N–H and O–H groups in total. The van der Waals surface area contributed by atoms with E-state index in [1.807, 2.05) is 13.8 Å². The first-order chi connectivity index (χ1) is 15.1. The lowest BCUT2D eigenvalue weighted by atomic mass is 9.98. The number of aliphatic carboxylic acids is 1. The van der Waals surface area contributed by atoms with Crippen molar-refractivity contribution in [1.29, 1.82) is 0 Å². The maximum Gasteiger partial charge on any atom is 0.340 e. The third kappa shape index (κ3) is 4.58. The molecule has 10 nitrogen and oxygen atoms in total. The Bertz CT molecular complexity index is 1270. The van der Waals surface area contributed by atoms with Crippen LogP contribution in [0.2, 0.25) is 0 Å².